The molecular formula is C21H20N4O2. The molecule has 0 saturated carbocycles. The molecule has 4 rings (SSSR count). The van der Waals surface area contributed by atoms with Crippen LogP contribution in [-0.2, 0) is 11.2 Å². The Bertz CT molecular complexity index is 1060. The number of nitrogens with zero attached hydrogens (tertiary/aromatic N) is 1. The van der Waals surface area contributed by atoms with Gasteiger partial charge in [0, 0.05) is 22.8 Å². The number of carbonyl (C=O) groups excluding carboxylic acids is 2. The van der Waals surface area contributed by atoms with Crippen LogP contribution in [0.1, 0.15) is 16.1 Å². The lowest BCUT2D eigenvalue weighted by atomic mass is 10.1. The number of rotatable bonds is 5. The number of hydrogen-bond acceptors (Lipinski definition) is 3. The number of aromatic nitrogens is 2. The second-order valence-electron chi connectivity index (χ2n) is 5.96. The average molecular weight is 360 g/mol. The van der Waals surface area contributed by atoms with Crippen molar-refractivity contribution < 1.29 is 9.59 Å². The number of carbonyl (C=O) groups is 2. The van der Waals surface area contributed by atoms with Crippen LogP contribution in [0.5, 0.6) is 0 Å². The number of hydrogen-bond donors (Lipinski definition) is 3. The Hall–Kier alpha value is -3.67. The minimum Gasteiger partial charge on any atom is -0.364 e. The van der Waals surface area contributed by atoms with Crippen molar-refractivity contribution in [3.05, 3.63) is 78.1 Å². The molecule has 0 unspecified atom stereocenters. The lowest BCUT2D eigenvalue weighted by molar-refractivity contribution is -0.109. The second-order valence-corrected chi connectivity index (χ2v) is 5.96. The van der Waals surface area contributed by atoms with Crippen LogP contribution in [0.3, 0.4) is 0 Å². The van der Waals surface area contributed by atoms with Gasteiger partial charge in [-0.05, 0) is 24.1 Å². The van der Waals surface area contributed by atoms with Gasteiger partial charge in [-0.15, -0.1) is 0 Å². The molecule has 0 atom stereocenters. The number of H-pyrrole nitrogens is 1. The van der Waals surface area contributed by atoms with Crippen molar-refractivity contribution in [1.82, 2.24) is 15.3 Å². The predicted octanol–water partition coefficient (Wildman–Crippen LogP) is 2.79. The van der Waals surface area contributed by atoms with Gasteiger partial charge in [0.05, 0.1) is 11.7 Å². The molecule has 0 spiro atoms. The van der Waals surface area contributed by atoms with Gasteiger partial charge in [0.2, 0.25) is 6.41 Å². The molecule has 4 aromatic rings. The van der Waals surface area contributed by atoms with Crippen molar-refractivity contribution in [3.63, 3.8) is 0 Å². The third-order valence-electron chi connectivity index (χ3n) is 4.13. The number of nitrogens with one attached hydrogen (secondary N) is 2. The molecule has 0 fully saturated rings. The Morgan fingerprint density at radius 2 is 1.78 bits per heavy atom. The fourth-order valence-electron chi connectivity index (χ4n) is 2.80. The number of para-hydroxylation sites is 1. The highest BCUT2D eigenvalue weighted by Crippen LogP contribution is 2.24. The van der Waals surface area contributed by atoms with Crippen LogP contribution in [0.2, 0.25) is 0 Å². The normalized spacial score (nSPS) is 10.2. The number of pyridine rings is 1. The van der Waals surface area contributed by atoms with Crippen LogP contribution >= 0.6 is 0 Å². The van der Waals surface area contributed by atoms with Gasteiger partial charge in [-0.2, -0.15) is 0 Å². The number of benzene rings is 2. The first-order valence-corrected chi connectivity index (χ1v) is 8.56. The zero-order valence-electron chi connectivity index (χ0n) is 14.7. The van der Waals surface area contributed by atoms with Crippen molar-refractivity contribution >= 4 is 34.1 Å². The summed E-state index contributed by atoms with van der Waals surface area (Å²) in [4.78, 5) is 28.2. The minimum absolute atomic E-state index is 0.289. The average Bonchev–Trinajstić information content (AvgIpc) is 3.07. The van der Waals surface area contributed by atoms with Crippen LogP contribution in [0.4, 0.5) is 0 Å². The van der Waals surface area contributed by atoms with Crippen LogP contribution in [-0.4, -0.2) is 28.8 Å². The fourth-order valence-corrected chi connectivity index (χ4v) is 2.80. The monoisotopic (exact) mass is 360 g/mol. The summed E-state index contributed by atoms with van der Waals surface area (Å²) in [5, 5.41) is 4.66. The Morgan fingerprint density at radius 3 is 2.52 bits per heavy atom. The summed E-state index contributed by atoms with van der Waals surface area (Å²) in [7, 11) is 0. The molecule has 2 amide bonds. The second kappa shape index (κ2) is 8.62. The van der Waals surface area contributed by atoms with Crippen LogP contribution in [0.15, 0.2) is 66.9 Å². The van der Waals surface area contributed by atoms with Gasteiger partial charge in [-0.3, -0.25) is 9.59 Å². The summed E-state index contributed by atoms with van der Waals surface area (Å²) in [5.41, 5.74) is 8.68. The van der Waals surface area contributed by atoms with E-state index in [0.717, 1.165) is 34.6 Å². The Morgan fingerprint density at radius 1 is 1.04 bits per heavy atom. The zero-order chi connectivity index (χ0) is 19.1. The molecule has 136 valence electrons. The van der Waals surface area contributed by atoms with Crippen LogP contribution < -0.4 is 11.1 Å². The summed E-state index contributed by atoms with van der Waals surface area (Å²) < 4.78 is 0. The number of aromatic amines is 1. The molecule has 0 radical (unpaired) electrons. The van der Waals surface area contributed by atoms with Gasteiger partial charge < -0.3 is 16.0 Å². The number of nitrogens with two attached hydrogens (primary N) is 1. The highest BCUT2D eigenvalue weighted by atomic mass is 16.1. The lowest BCUT2D eigenvalue weighted by Gasteiger charge is -1.98. The Labute approximate surface area is 156 Å². The highest BCUT2D eigenvalue weighted by molar-refractivity contribution is 6.08. The molecule has 0 saturated heterocycles. The Balaban J connectivity index is 0.000000168. The number of amides is 2. The number of primary amides is 1. The van der Waals surface area contributed by atoms with E-state index in [1.54, 1.807) is 12.3 Å². The maximum atomic E-state index is 11.1. The SMILES string of the molecule is NC(=O)c1cc2c(cn1)[nH]c1ccccc12.O=CNCCc1ccccc1. The first kappa shape index (κ1) is 18.1. The summed E-state index contributed by atoms with van der Waals surface area (Å²) in [5.74, 6) is -0.507. The van der Waals surface area contributed by atoms with Crippen LogP contribution in [0, 0.1) is 0 Å². The Kier molecular flexibility index (Phi) is 5.79. The molecule has 2 aromatic carbocycles. The van der Waals surface area contributed by atoms with E-state index >= 15 is 0 Å². The first-order chi connectivity index (χ1) is 13.2. The van der Waals surface area contributed by atoms with Crippen molar-refractivity contribution in [1.29, 1.82) is 0 Å². The summed E-state index contributed by atoms with van der Waals surface area (Å²) in [6.45, 7) is 0.716. The minimum atomic E-state index is -0.507. The third-order valence-corrected chi connectivity index (χ3v) is 4.13. The molecule has 6 nitrogen and oxygen atoms in total. The molecule has 6 heteroatoms. The molecule has 27 heavy (non-hydrogen) atoms. The van der Waals surface area contributed by atoms with E-state index in [2.05, 4.69) is 15.3 Å². The van der Waals surface area contributed by atoms with Gasteiger partial charge in [0.15, 0.2) is 0 Å². The number of fused-ring (bicyclic) bond motifs is 3. The maximum Gasteiger partial charge on any atom is 0.267 e. The largest absolute Gasteiger partial charge is 0.364 e. The maximum absolute atomic E-state index is 11.1. The topological polar surface area (TPSA) is 101 Å². The molecular weight excluding hydrogens is 340 g/mol. The molecule has 0 aliphatic rings. The third kappa shape index (κ3) is 4.49. The van der Waals surface area contributed by atoms with E-state index in [1.165, 1.54) is 5.56 Å². The first-order valence-electron chi connectivity index (χ1n) is 8.56. The van der Waals surface area contributed by atoms with E-state index in [-0.39, 0.29) is 5.69 Å². The van der Waals surface area contributed by atoms with Crippen molar-refractivity contribution in [2.24, 2.45) is 5.73 Å². The highest BCUT2D eigenvalue weighted by Gasteiger charge is 2.07. The predicted molar refractivity (Wildman–Crippen MR) is 106 cm³/mol. The van der Waals surface area contributed by atoms with Crippen molar-refractivity contribution in [2.45, 2.75) is 6.42 Å². The smallest absolute Gasteiger partial charge is 0.267 e. The lowest BCUT2D eigenvalue weighted by Crippen LogP contribution is -2.14. The van der Waals surface area contributed by atoms with E-state index in [4.69, 9.17) is 5.73 Å². The van der Waals surface area contributed by atoms with E-state index in [1.807, 2.05) is 54.6 Å². The van der Waals surface area contributed by atoms with Gasteiger partial charge in [-0.1, -0.05) is 48.5 Å². The summed E-state index contributed by atoms with van der Waals surface area (Å²) in [6.07, 6.45) is 3.26. The van der Waals surface area contributed by atoms with E-state index < -0.39 is 5.91 Å². The molecule has 2 heterocycles. The van der Waals surface area contributed by atoms with Crippen LogP contribution in [0.25, 0.3) is 21.8 Å². The standard InChI is InChI=1S/C12H9N3O.C9H11NO/c13-12(16)10-5-8-7-3-1-2-4-9(7)15-11(8)6-14-10;11-8-10-7-6-9-4-2-1-3-5-9/h1-6,15H,(H2,13,16);1-5,8H,6-7H2,(H,10,11). The van der Waals surface area contributed by atoms with Crippen molar-refractivity contribution in [2.75, 3.05) is 6.54 Å². The van der Waals surface area contributed by atoms with E-state index in [9.17, 15) is 9.59 Å². The molecule has 0 aliphatic heterocycles. The zero-order valence-corrected chi connectivity index (χ0v) is 14.7. The van der Waals surface area contributed by atoms with E-state index in [0.29, 0.717) is 6.54 Å². The van der Waals surface area contributed by atoms with Gasteiger partial charge in [0.25, 0.3) is 5.91 Å². The van der Waals surface area contributed by atoms with Gasteiger partial charge in [0.1, 0.15) is 5.69 Å². The fraction of sp³-hybridized carbons (Fsp3) is 0.0952. The molecule has 0 aliphatic carbocycles. The molecule has 4 N–H and O–H groups in total. The molecule has 2 aromatic heterocycles. The summed E-state index contributed by atoms with van der Waals surface area (Å²) in [6, 6.07) is 19.7. The van der Waals surface area contributed by atoms with Crippen molar-refractivity contribution in [3.8, 4) is 0 Å². The summed E-state index contributed by atoms with van der Waals surface area (Å²) >= 11 is 0. The quantitative estimate of drug-likeness (QED) is 0.377. The molecule has 0 bridgehead atoms. The van der Waals surface area contributed by atoms with Gasteiger partial charge >= 0.3 is 0 Å². The van der Waals surface area contributed by atoms with Gasteiger partial charge in [-0.25, -0.2) is 4.98 Å².